The lowest BCUT2D eigenvalue weighted by Gasteiger charge is -2.06. The summed E-state index contributed by atoms with van der Waals surface area (Å²) < 4.78 is 5.03. The maximum Gasteiger partial charge on any atom is 0.251 e. The molecule has 1 heterocycles. The van der Waals surface area contributed by atoms with Gasteiger partial charge in [0.2, 0.25) is 0 Å². The summed E-state index contributed by atoms with van der Waals surface area (Å²) in [5.41, 5.74) is 2.69. The van der Waals surface area contributed by atoms with Crippen molar-refractivity contribution in [2.45, 2.75) is 13.0 Å². The SMILES string of the molecule is COCc1ccc(C(=O)NCCc2ccccn2)cc1. The maximum absolute atomic E-state index is 11.9. The van der Waals surface area contributed by atoms with Gasteiger partial charge in [0.25, 0.3) is 5.91 Å². The number of amides is 1. The molecule has 4 heteroatoms. The van der Waals surface area contributed by atoms with Crippen molar-refractivity contribution < 1.29 is 9.53 Å². The van der Waals surface area contributed by atoms with E-state index in [2.05, 4.69) is 10.3 Å². The predicted molar refractivity (Wildman–Crippen MR) is 77.4 cm³/mol. The van der Waals surface area contributed by atoms with Gasteiger partial charge in [-0.25, -0.2) is 0 Å². The number of carbonyl (C=O) groups excluding carboxylic acids is 1. The number of ether oxygens (including phenoxy) is 1. The Balaban J connectivity index is 1.82. The highest BCUT2D eigenvalue weighted by Gasteiger charge is 2.04. The zero-order valence-electron chi connectivity index (χ0n) is 11.5. The third-order valence-electron chi connectivity index (χ3n) is 2.92. The first kappa shape index (κ1) is 14.2. The Kier molecular flexibility index (Phi) is 5.26. The van der Waals surface area contributed by atoms with Crippen LogP contribution in [-0.4, -0.2) is 24.5 Å². The summed E-state index contributed by atoms with van der Waals surface area (Å²) in [4.78, 5) is 16.2. The van der Waals surface area contributed by atoms with Crippen molar-refractivity contribution in [2.75, 3.05) is 13.7 Å². The van der Waals surface area contributed by atoms with Crippen LogP contribution in [0, 0.1) is 0 Å². The number of hydrogen-bond acceptors (Lipinski definition) is 3. The van der Waals surface area contributed by atoms with E-state index in [-0.39, 0.29) is 5.91 Å². The first-order valence-electron chi connectivity index (χ1n) is 6.55. The van der Waals surface area contributed by atoms with E-state index in [1.54, 1.807) is 13.3 Å². The molecule has 0 radical (unpaired) electrons. The van der Waals surface area contributed by atoms with Gasteiger partial charge in [-0.05, 0) is 29.8 Å². The van der Waals surface area contributed by atoms with Crippen LogP contribution in [0.5, 0.6) is 0 Å². The molecule has 0 saturated heterocycles. The van der Waals surface area contributed by atoms with Crippen LogP contribution in [0.4, 0.5) is 0 Å². The molecule has 20 heavy (non-hydrogen) atoms. The summed E-state index contributed by atoms with van der Waals surface area (Å²) >= 11 is 0. The zero-order chi connectivity index (χ0) is 14.2. The summed E-state index contributed by atoms with van der Waals surface area (Å²) in [5.74, 6) is -0.0649. The van der Waals surface area contributed by atoms with Crippen molar-refractivity contribution in [3.63, 3.8) is 0 Å². The number of methoxy groups -OCH3 is 1. The normalized spacial score (nSPS) is 10.2. The average molecular weight is 270 g/mol. The number of nitrogens with zero attached hydrogens (tertiary/aromatic N) is 1. The average Bonchev–Trinajstić information content (AvgIpc) is 2.49. The number of rotatable bonds is 6. The van der Waals surface area contributed by atoms with Gasteiger partial charge in [0.05, 0.1) is 6.61 Å². The van der Waals surface area contributed by atoms with E-state index in [4.69, 9.17) is 4.74 Å². The standard InChI is InChI=1S/C16H18N2O2/c1-20-12-13-5-7-14(8-6-13)16(19)18-11-9-15-4-2-3-10-17-15/h2-8,10H,9,11-12H2,1H3,(H,18,19). The van der Waals surface area contributed by atoms with Crippen LogP contribution in [0.15, 0.2) is 48.7 Å². The molecule has 104 valence electrons. The molecule has 1 aromatic heterocycles. The van der Waals surface area contributed by atoms with E-state index in [0.717, 1.165) is 17.7 Å². The Morgan fingerprint density at radius 3 is 2.65 bits per heavy atom. The lowest BCUT2D eigenvalue weighted by molar-refractivity contribution is 0.0954. The molecule has 0 spiro atoms. The molecule has 0 fully saturated rings. The fraction of sp³-hybridized carbons (Fsp3) is 0.250. The second kappa shape index (κ2) is 7.40. The van der Waals surface area contributed by atoms with Crippen LogP contribution in [0.2, 0.25) is 0 Å². The summed E-state index contributed by atoms with van der Waals surface area (Å²) in [5, 5.41) is 2.89. The molecule has 0 aliphatic carbocycles. The highest BCUT2D eigenvalue weighted by Crippen LogP contribution is 2.05. The van der Waals surface area contributed by atoms with Gasteiger partial charge in [-0.1, -0.05) is 18.2 Å². The molecule has 4 nitrogen and oxygen atoms in total. The predicted octanol–water partition coefficient (Wildman–Crippen LogP) is 2.20. The van der Waals surface area contributed by atoms with Crippen molar-refractivity contribution in [1.29, 1.82) is 0 Å². The number of benzene rings is 1. The molecule has 1 N–H and O–H groups in total. The van der Waals surface area contributed by atoms with Gasteiger partial charge < -0.3 is 10.1 Å². The van der Waals surface area contributed by atoms with Crippen LogP contribution in [0.3, 0.4) is 0 Å². The van der Waals surface area contributed by atoms with E-state index >= 15 is 0 Å². The van der Waals surface area contributed by atoms with Gasteiger partial charge in [-0.2, -0.15) is 0 Å². The number of hydrogen-bond donors (Lipinski definition) is 1. The Hall–Kier alpha value is -2.20. The van der Waals surface area contributed by atoms with E-state index < -0.39 is 0 Å². The monoisotopic (exact) mass is 270 g/mol. The highest BCUT2D eigenvalue weighted by atomic mass is 16.5. The molecule has 0 atom stereocenters. The van der Waals surface area contributed by atoms with Crippen molar-refractivity contribution in [3.05, 3.63) is 65.5 Å². The minimum Gasteiger partial charge on any atom is -0.380 e. The lowest BCUT2D eigenvalue weighted by Crippen LogP contribution is -2.25. The van der Waals surface area contributed by atoms with Crippen molar-refractivity contribution in [1.82, 2.24) is 10.3 Å². The molecule has 2 rings (SSSR count). The molecular formula is C16H18N2O2. The van der Waals surface area contributed by atoms with Crippen LogP contribution in [0.25, 0.3) is 0 Å². The van der Waals surface area contributed by atoms with Gasteiger partial charge in [0, 0.05) is 37.5 Å². The number of nitrogens with one attached hydrogen (secondary N) is 1. The third-order valence-corrected chi connectivity index (χ3v) is 2.92. The Morgan fingerprint density at radius 2 is 2.00 bits per heavy atom. The first-order chi connectivity index (χ1) is 9.79. The minimum atomic E-state index is -0.0649. The largest absolute Gasteiger partial charge is 0.380 e. The fourth-order valence-electron chi connectivity index (χ4n) is 1.87. The van der Waals surface area contributed by atoms with Crippen LogP contribution in [0.1, 0.15) is 21.6 Å². The van der Waals surface area contributed by atoms with Crippen molar-refractivity contribution in [3.8, 4) is 0 Å². The molecule has 0 aliphatic heterocycles. The quantitative estimate of drug-likeness (QED) is 0.875. The van der Waals surface area contributed by atoms with Crippen LogP contribution in [-0.2, 0) is 17.8 Å². The van der Waals surface area contributed by atoms with Crippen LogP contribution < -0.4 is 5.32 Å². The van der Waals surface area contributed by atoms with E-state index in [1.165, 1.54) is 0 Å². The van der Waals surface area contributed by atoms with Crippen molar-refractivity contribution in [2.24, 2.45) is 0 Å². The third kappa shape index (κ3) is 4.17. The smallest absolute Gasteiger partial charge is 0.251 e. The summed E-state index contributed by atoms with van der Waals surface area (Å²) in [6, 6.07) is 13.2. The number of aromatic nitrogens is 1. The number of pyridine rings is 1. The molecule has 0 bridgehead atoms. The van der Waals surface area contributed by atoms with Gasteiger partial charge in [-0.3, -0.25) is 9.78 Å². The maximum atomic E-state index is 11.9. The van der Waals surface area contributed by atoms with E-state index in [1.807, 2.05) is 42.5 Å². The summed E-state index contributed by atoms with van der Waals surface area (Å²) in [7, 11) is 1.65. The molecular weight excluding hydrogens is 252 g/mol. The Bertz CT molecular complexity index is 538. The minimum absolute atomic E-state index is 0.0649. The second-order valence-corrected chi connectivity index (χ2v) is 4.46. The topological polar surface area (TPSA) is 51.2 Å². The molecule has 1 amide bonds. The summed E-state index contributed by atoms with van der Waals surface area (Å²) in [6.07, 6.45) is 2.49. The van der Waals surface area contributed by atoms with Crippen molar-refractivity contribution >= 4 is 5.91 Å². The first-order valence-corrected chi connectivity index (χ1v) is 6.55. The Labute approximate surface area is 118 Å². The van der Waals surface area contributed by atoms with E-state index in [0.29, 0.717) is 18.7 Å². The number of carbonyl (C=O) groups is 1. The molecule has 0 aliphatic rings. The molecule has 1 aromatic carbocycles. The van der Waals surface area contributed by atoms with Crippen LogP contribution >= 0.6 is 0 Å². The molecule has 2 aromatic rings. The molecule has 0 unspecified atom stereocenters. The highest BCUT2D eigenvalue weighted by molar-refractivity contribution is 5.94. The van der Waals surface area contributed by atoms with Gasteiger partial charge in [0.15, 0.2) is 0 Å². The lowest BCUT2D eigenvalue weighted by atomic mass is 10.1. The van der Waals surface area contributed by atoms with Gasteiger partial charge in [-0.15, -0.1) is 0 Å². The summed E-state index contributed by atoms with van der Waals surface area (Å²) in [6.45, 7) is 1.14. The molecule has 0 saturated carbocycles. The van der Waals surface area contributed by atoms with E-state index in [9.17, 15) is 4.79 Å². The van der Waals surface area contributed by atoms with Gasteiger partial charge >= 0.3 is 0 Å². The van der Waals surface area contributed by atoms with Gasteiger partial charge in [0.1, 0.15) is 0 Å². The Morgan fingerprint density at radius 1 is 1.20 bits per heavy atom. The zero-order valence-corrected chi connectivity index (χ0v) is 11.5. The fourth-order valence-corrected chi connectivity index (χ4v) is 1.87. The second-order valence-electron chi connectivity index (χ2n) is 4.46.